The van der Waals surface area contributed by atoms with Gasteiger partial charge in [0.05, 0.1) is 10.3 Å². The Bertz CT molecular complexity index is 755. The number of Topliss-reactive ketones (excluding diaryl/α,β-unsaturated/α-hetero) is 1. The van der Waals surface area contributed by atoms with E-state index in [1.54, 1.807) is 0 Å². The molecule has 0 unspecified atom stereocenters. The number of hydrogen-bond acceptors (Lipinski definition) is 4. The Hall–Kier alpha value is -1.73. The number of ketones is 1. The fraction of sp³-hybridized carbons (Fsp3) is 0.500. The van der Waals surface area contributed by atoms with Crippen molar-refractivity contribution in [3.8, 4) is 0 Å². The number of aliphatic carboxylic acids is 1. The van der Waals surface area contributed by atoms with Crippen LogP contribution in [0, 0.1) is 11.3 Å². The first-order valence-electron chi connectivity index (χ1n) is 7.62. The molecular formula is C16H19NO5S. The summed E-state index contributed by atoms with van der Waals surface area (Å²) in [4.78, 5) is 23.1. The Kier molecular flexibility index (Phi) is 3.80. The van der Waals surface area contributed by atoms with Gasteiger partial charge in [-0.25, -0.2) is 8.42 Å². The van der Waals surface area contributed by atoms with E-state index in [1.807, 2.05) is 0 Å². The zero-order chi connectivity index (χ0) is 16.8. The van der Waals surface area contributed by atoms with E-state index >= 15 is 0 Å². The molecule has 1 saturated carbocycles. The minimum atomic E-state index is -3.74. The lowest BCUT2D eigenvalue weighted by Gasteiger charge is -2.23. The molecule has 1 aromatic carbocycles. The Morgan fingerprint density at radius 3 is 2.43 bits per heavy atom. The molecule has 1 aliphatic carbocycles. The lowest BCUT2D eigenvalue weighted by molar-refractivity contribution is -0.149. The van der Waals surface area contributed by atoms with Crippen molar-refractivity contribution in [1.82, 2.24) is 4.31 Å². The van der Waals surface area contributed by atoms with Gasteiger partial charge in [0.2, 0.25) is 10.0 Å². The zero-order valence-electron chi connectivity index (χ0n) is 12.9. The van der Waals surface area contributed by atoms with Crippen molar-refractivity contribution in [1.29, 1.82) is 0 Å². The Labute approximate surface area is 135 Å². The first-order valence-corrected chi connectivity index (χ1v) is 9.06. The van der Waals surface area contributed by atoms with Gasteiger partial charge >= 0.3 is 5.97 Å². The normalized spacial score (nSPS) is 27.8. The molecule has 2 fully saturated rings. The smallest absolute Gasteiger partial charge is 0.311 e. The van der Waals surface area contributed by atoms with Crippen LogP contribution in [0.25, 0.3) is 0 Å². The van der Waals surface area contributed by atoms with Crippen molar-refractivity contribution in [2.45, 2.75) is 31.1 Å². The summed E-state index contributed by atoms with van der Waals surface area (Å²) in [5.41, 5.74) is -0.490. The van der Waals surface area contributed by atoms with Crippen LogP contribution in [0.2, 0.25) is 0 Å². The highest BCUT2D eigenvalue weighted by atomic mass is 32.2. The summed E-state index contributed by atoms with van der Waals surface area (Å²) in [5.74, 6) is -1.15. The number of carboxylic acids is 1. The van der Waals surface area contributed by atoms with Gasteiger partial charge in [-0.15, -0.1) is 0 Å². The van der Waals surface area contributed by atoms with E-state index in [2.05, 4.69) is 0 Å². The molecular weight excluding hydrogens is 318 g/mol. The van der Waals surface area contributed by atoms with E-state index in [4.69, 9.17) is 0 Å². The average Bonchev–Trinajstić information content (AvgIpc) is 3.05. The van der Waals surface area contributed by atoms with E-state index in [0.29, 0.717) is 12.0 Å². The van der Waals surface area contributed by atoms with Crippen LogP contribution in [0.4, 0.5) is 0 Å². The van der Waals surface area contributed by atoms with Crippen LogP contribution >= 0.6 is 0 Å². The van der Waals surface area contributed by atoms with Crippen LogP contribution in [-0.2, 0) is 14.8 Å². The van der Waals surface area contributed by atoms with Crippen molar-refractivity contribution >= 4 is 21.8 Å². The van der Waals surface area contributed by atoms with E-state index in [1.165, 1.54) is 35.5 Å². The molecule has 3 rings (SSSR count). The van der Waals surface area contributed by atoms with Crippen LogP contribution in [0.15, 0.2) is 29.2 Å². The van der Waals surface area contributed by atoms with Gasteiger partial charge in [0.25, 0.3) is 0 Å². The summed E-state index contributed by atoms with van der Waals surface area (Å²) in [5, 5.41) is 9.57. The first-order chi connectivity index (χ1) is 10.8. The summed E-state index contributed by atoms with van der Waals surface area (Å²) >= 11 is 0. The summed E-state index contributed by atoms with van der Waals surface area (Å²) in [6.07, 6.45) is 2.11. The summed E-state index contributed by atoms with van der Waals surface area (Å²) < 4.78 is 26.8. The Balaban J connectivity index is 1.89. The molecule has 2 aliphatic rings. The number of carbonyl (C=O) groups is 2. The van der Waals surface area contributed by atoms with Crippen molar-refractivity contribution < 1.29 is 23.1 Å². The third kappa shape index (κ3) is 2.48. The summed E-state index contributed by atoms with van der Waals surface area (Å²) in [6.45, 7) is 1.70. The molecule has 0 spiro atoms. The third-order valence-corrected chi connectivity index (χ3v) is 6.99. The fourth-order valence-corrected chi connectivity index (χ4v) is 5.34. The number of carbonyl (C=O) groups excluding carboxylic acids is 1. The second-order valence-corrected chi connectivity index (χ2v) is 8.37. The van der Waals surface area contributed by atoms with Crippen LogP contribution < -0.4 is 0 Å². The van der Waals surface area contributed by atoms with Gasteiger partial charge in [-0.3, -0.25) is 9.59 Å². The van der Waals surface area contributed by atoms with Gasteiger partial charge in [-0.2, -0.15) is 4.31 Å². The van der Waals surface area contributed by atoms with Crippen LogP contribution in [0.1, 0.15) is 36.5 Å². The van der Waals surface area contributed by atoms with E-state index < -0.39 is 21.4 Å². The van der Waals surface area contributed by atoms with Gasteiger partial charge in [0.15, 0.2) is 5.78 Å². The quantitative estimate of drug-likeness (QED) is 0.845. The van der Waals surface area contributed by atoms with Crippen LogP contribution in [-0.4, -0.2) is 42.7 Å². The van der Waals surface area contributed by atoms with Gasteiger partial charge in [-0.05, 0) is 37.8 Å². The zero-order valence-corrected chi connectivity index (χ0v) is 13.7. The fourth-order valence-electron chi connectivity index (χ4n) is 3.79. The molecule has 0 amide bonds. The number of sulfonamides is 1. The average molecular weight is 337 g/mol. The van der Waals surface area contributed by atoms with E-state index in [-0.39, 0.29) is 29.7 Å². The number of hydrogen-bond donors (Lipinski definition) is 1. The molecule has 0 aromatic heterocycles. The van der Waals surface area contributed by atoms with Gasteiger partial charge in [-0.1, -0.05) is 18.6 Å². The molecule has 0 bridgehead atoms. The van der Waals surface area contributed by atoms with Crippen molar-refractivity contribution in [3.63, 3.8) is 0 Å². The molecule has 124 valence electrons. The van der Waals surface area contributed by atoms with Gasteiger partial charge in [0.1, 0.15) is 0 Å². The largest absolute Gasteiger partial charge is 0.481 e. The second kappa shape index (κ2) is 5.42. The monoisotopic (exact) mass is 337 g/mol. The first kappa shape index (κ1) is 16.1. The molecule has 1 saturated heterocycles. The Morgan fingerprint density at radius 2 is 1.91 bits per heavy atom. The highest BCUT2D eigenvalue weighted by Gasteiger charge is 2.57. The number of rotatable bonds is 4. The van der Waals surface area contributed by atoms with Crippen molar-refractivity contribution in [2.75, 3.05) is 13.1 Å². The topological polar surface area (TPSA) is 91.8 Å². The van der Waals surface area contributed by atoms with Gasteiger partial charge < -0.3 is 5.11 Å². The van der Waals surface area contributed by atoms with Crippen molar-refractivity contribution in [2.24, 2.45) is 11.3 Å². The number of benzene rings is 1. The van der Waals surface area contributed by atoms with Crippen LogP contribution in [0.5, 0.6) is 0 Å². The molecule has 1 heterocycles. The minimum absolute atomic E-state index is 0.0315. The predicted molar refractivity (Wildman–Crippen MR) is 82.6 cm³/mol. The number of nitrogens with zero attached hydrogens (tertiary/aromatic N) is 1. The van der Waals surface area contributed by atoms with Crippen molar-refractivity contribution in [3.05, 3.63) is 29.8 Å². The number of carboxylic acid groups (broad SMARTS) is 1. The van der Waals surface area contributed by atoms with E-state index in [9.17, 15) is 23.1 Å². The molecule has 23 heavy (non-hydrogen) atoms. The molecule has 1 aromatic rings. The SMILES string of the molecule is CC(=O)c1ccc(S(=O)(=O)N2C[C@@H]3CCC[C@@]3(C(=O)O)C2)cc1. The lowest BCUT2D eigenvalue weighted by atomic mass is 9.81. The highest BCUT2D eigenvalue weighted by molar-refractivity contribution is 7.89. The lowest BCUT2D eigenvalue weighted by Crippen LogP contribution is -2.37. The maximum absolute atomic E-state index is 12.8. The molecule has 2 atom stereocenters. The molecule has 7 heteroatoms. The molecule has 0 radical (unpaired) electrons. The highest BCUT2D eigenvalue weighted by Crippen LogP contribution is 2.50. The minimum Gasteiger partial charge on any atom is -0.481 e. The maximum atomic E-state index is 12.8. The molecule has 1 aliphatic heterocycles. The van der Waals surface area contributed by atoms with Crippen LogP contribution in [0.3, 0.4) is 0 Å². The standard InChI is InChI=1S/C16H19NO5S/c1-11(18)12-4-6-14(7-5-12)23(21,22)17-9-13-3-2-8-16(13,10-17)15(19)20/h4-7,13H,2-3,8-10H2,1H3,(H,19,20)/t13-,16+/m0/s1. The summed E-state index contributed by atoms with van der Waals surface area (Å²) in [6, 6.07) is 5.79. The van der Waals surface area contributed by atoms with Gasteiger partial charge in [0, 0.05) is 18.7 Å². The molecule has 6 nitrogen and oxygen atoms in total. The second-order valence-electron chi connectivity index (χ2n) is 6.43. The predicted octanol–water partition coefficient (Wildman–Crippen LogP) is 1.76. The maximum Gasteiger partial charge on any atom is 0.311 e. The van der Waals surface area contributed by atoms with E-state index in [0.717, 1.165) is 12.8 Å². The number of fused-ring (bicyclic) bond motifs is 1. The summed E-state index contributed by atoms with van der Waals surface area (Å²) in [7, 11) is -3.74. The Morgan fingerprint density at radius 1 is 1.26 bits per heavy atom. The third-order valence-electron chi connectivity index (χ3n) is 5.16. The molecule has 1 N–H and O–H groups in total.